The van der Waals surface area contributed by atoms with Crippen LogP contribution in [0.15, 0.2) is 41.3 Å². The molecule has 1 aromatic carbocycles. The Hall–Kier alpha value is -2.25. The maximum Gasteiger partial charge on any atom is 0.491 e. The highest BCUT2D eigenvalue weighted by Gasteiger charge is 2.31. The number of halogens is 4. The van der Waals surface area contributed by atoms with Crippen molar-refractivity contribution in [2.75, 3.05) is 6.54 Å². The van der Waals surface area contributed by atoms with Crippen LogP contribution in [0.25, 0.3) is 10.9 Å². The summed E-state index contributed by atoms with van der Waals surface area (Å²) < 4.78 is 40.8. The Morgan fingerprint density at radius 1 is 1.19 bits per heavy atom. The van der Waals surface area contributed by atoms with E-state index >= 15 is 0 Å². The molecular weight excluding hydrogens is 379 g/mol. The Morgan fingerprint density at radius 2 is 2.00 bits per heavy atom. The number of rotatable bonds is 3. The second-order valence-electron chi connectivity index (χ2n) is 6.63. The normalized spacial score (nSPS) is 14.5. The Bertz CT molecular complexity index is 1070. The fourth-order valence-corrected chi connectivity index (χ4v) is 3.90. The van der Waals surface area contributed by atoms with Crippen LogP contribution in [0.1, 0.15) is 16.8 Å². The molecule has 0 saturated heterocycles. The number of alkyl halides is 3. The number of aromatic nitrogens is 2. The number of nitrogens with zero attached hydrogens (tertiary/aromatic N) is 2. The van der Waals surface area contributed by atoms with Gasteiger partial charge < -0.3 is 9.88 Å². The summed E-state index contributed by atoms with van der Waals surface area (Å²) in [4.78, 5) is 11.5. The zero-order valence-electron chi connectivity index (χ0n) is 14.3. The third kappa shape index (κ3) is 3.37. The Morgan fingerprint density at radius 3 is 2.78 bits per heavy atom. The number of pyridine rings is 1. The lowest BCUT2D eigenvalue weighted by atomic mass is 10.1. The van der Waals surface area contributed by atoms with E-state index in [0.717, 1.165) is 42.7 Å². The maximum absolute atomic E-state index is 13.0. The molecule has 0 bridgehead atoms. The Balaban J connectivity index is 1.70. The molecule has 1 aliphatic rings. The summed E-state index contributed by atoms with van der Waals surface area (Å²) in [6, 6.07) is 8.13. The fraction of sp³-hybridized carbons (Fsp3) is 0.316. The van der Waals surface area contributed by atoms with Crippen molar-refractivity contribution in [1.82, 2.24) is 14.5 Å². The number of aryl methyl sites for hydroxylation is 2. The van der Waals surface area contributed by atoms with E-state index in [0.29, 0.717) is 23.6 Å². The van der Waals surface area contributed by atoms with Crippen molar-refractivity contribution in [3.8, 4) is 0 Å². The first-order chi connectivity index (χ1) is 12.8. The third-order valence-corrected chi connectivity index (χ3v) is 5.19. The molecule has 0 saturated carbocycles. The quantitative estimate of drug-likeness (QED) is 0.732. The first-order valence-corrected chi connectivity index (χ1v) is 9.01. The van der Waals surface area contributed by atoms with Crippen molar-refractivity contribution in [3.05, 3.63) is 68.7 Å². The van der Waals surface area contributed by atoms with Gasteiger partial charge in [0.05, 0.1) is 0 Å². The smallest absolute Gasteiger partial charge is 0.344 e. The van der Waals surface area contributed by atoms with Gasteiger partial charge in [0.1, 0.15) is 0 Å². The minimum absolute atomic E-state index is 0.171. The van der Waals surface area contributed by atoms with Crippen molar-refractivity contribution in [3.63, 3.8) is 0 Å². The summed E-state index contributed by atoms with van der Waals surface area (Å²) in [7, 11) is 0. The summed E-state index contributed by atoms with van der Waals surface area (Å²) >= 11 is 6.15. The molecule has 0 unspecified atom stereocenters. The van der Waals surface area contributed by atoms with Crippen LogP contribution >= 0.6 is 11.6 Å². The zero-order valence-corrected chi connectivity index (χ0v) is 15.1. The van der Waals surface area contributed by atoms with E-state index in [1.807, 2.05) is 18.2 Å². The van der Waals surface area contributed by atoms with Gasteiger partial charge in [-0.05, 0) is 35.7 Å². The van der Waals surface area contributed by atoms with E-state index in [9.17, 15) is 18.0 Å². The molecule has 1 N–H and O–H groups in total. The molecule has 0 radical (unpaired) electrons. The van der Waals surface area contributed by atoms with Gasteiger partial charge in [-0.3, -0.25) is 4.79 Å². The Labute approximate surface area is 158 Å². The van der Waals surface area contributed by atoms with E-state index in [2.05, 4.69) is 9.88 Å². The molecule has 142 valence electrons. The van der Waals surface area contributed by atoms with Crippen LogP contribution in [0, 0.1) is 0 Å². The molecule has 4 nitrogen and oxygen atoms in total. The number of nitrogens with one attached hydrogen (secondary N) is 1. The number of hydrogen-bond acceptors (Lipinski definition) is 2. The van der Waals surface area contributed by atoms with Crippen molar-refractivity contribution >= 4 is 22.5 Å². The molecule has 0 aliphatic carbocycles. The van der Waals surface area contributed by atoms with Crippen LogP contribution in [-0.4, -0.2) is 15.7 Å². The molecule has 1 aliphatic heterocycles. The summed E-state index contributed by atoms with van der Waals surface area (Å²) in [5.41, 5.74) is 2.80. The van der Waals surface area contributed by atoms with Crippen LogP contribution in [0.4, 0.5) is 13.2 Å². The van der Waals surface area contributed by atoms with Gasteiger partial charge in [-0.25, -0.2) is 4.57 Å². The van der Waals surface area contributed by atoms with E-state index in [1.54, 1.807) is 0 Å². The first-order valence-electron chi connectivity index (χ1n) is 8.63. The van der Waals surface area contributed by atoms with Gasteiger partial charge in [-0.2, -0.15) is 0 Å². The van der Waals surface area contributed by atoms with Crippen molar-refractivity contribution in [1.29, 1.82) is 0 Å². The van der Waals surface area contributed by atoms with Gasteiger partial charge in [0.25, 0.3) is 5.56 Å². The molecule has 3 aromatic rings. The molecule has 0 amide bonds. The zero-order chi connectivity index (χ0) is 19.2. The van der Waals surface area contributed by atoms with Gasteiger partial charge >= 0.3 is 6.30 Å². The summed E-state index contributed by atoms with van der Waals surface area (Å²) in [5.74, 6) is 0. The lowest BCUT2D eigenvalue weighted by molar-refractivity contribution is -0.206. The van der Waals surface area contributed by atoms with Crippen molar-refractivity contribution in [2.24, 2.45) is 0 Å². The average molecular weight is 396 g/mol. The highest BCUT2D eigenvalue weighted by Crippen LogP contribution is 2.31. The van der Waals surface area contributed by atoms with Crippen LogP contribution in [0.2, 0.25) is 5.02 Å². The molecule has 0 fully saturated rings. The lowest BCUT2D eigenvalue weighted by Gasteiger charge is -2.17. The minimum atomic E-state index is -4.71. The van der Waals surface area contributed by atoms with Crippen LogP contribution in [0.3, 0.4) is 0 Å². The molecule has 27 heavy (non-hydrogen) atoms. The van der Waals surface area contributed by atoms with Crippen molar-refractivity contribution in [2.45, 2.75) is 32.2 Å². The molecular formula is C19H17ClF3N3O. The van der Waals surface area contributed by atoms with Crippen LogP contribution in [-0.2, 0) is 32.2 Å². The second-order valence-corrected chi connectivity index (χ2v) is 7.06. The number of fused-ring (bicyclic) bond motifs is 3. The third-order valence-electron chi connectivity index (χ3n) is 4.96. The van der Waals surface area contributed by atoms with Gasteiger partial charge in [-0.1, -0.05) is 17.7 Å². The Kier molecular flexibility index (Phi) is 4.52. The number of benzene rings is 1. The molecule has 4 rings (SSSR count). The van der Waals surface area contributed by atoms with Crippen LogP contribution < -0.4 is 10.9 Å². The second kappa shape index (κ2) is 6.73. The SMILES string of the molecule is O=c1ccc(CCn2c3c(c4cc(Cl)ccc42)CNCC3)cn1C(F)(F)F. The molecule has 0 atom stereocenters. The van der Waals surface area contributed by atoms with Gasteiger partial charge in [-0.15, -0.1) is 13.2 Å². The van der Waals surface area contributed by atoms with E-state index in [1.165, 1.54) is 17.3 Å². The molecule has 0 spiro atoms. The topological polar surface area (TPSA) is 39.0 Å². The van der Waals surface area contributed by atoms with E-state index in [4.69, 9.17) is 11.6 Å². The lowest BCUT2D eigenvalue weighted by Crippen LogP contribution is -2.30. The number of hydrogen-bond donors (Lipinski definition) is 1. The van der Waals surface area contributed by atoms with E-state index < -0.39 is 11.9 Å². The highest BCUT2D eigenvalue weighted by atomic mass is 35.5. The van der Waals surface area contributed by atoms with Gasteiger partial charge in [0.2, 0.25) is 0 Å². The monoisotopic (exact) mass is 395 g/mol. The van der Waals surface area contributed by atoms with Gasteiger partial charge in [0.15, 0.2) is 0 Å². The highest BCUT2D eigenvalue weighted by molar-refractivity contribution is 6.31. The first kappa shape index (κ1) is 18.1. The van der Waals surface area contributed by atoms with Crippen molar-refractivity contribution < 1.29 is 13.2 Å². The molecule has 8 heteroatoms. The fourth-order valence-electron chi connectivity index (χ4n) is 3.73. The largest absolute Gasteiger partial charge is 0.491 e. The molecule has 2 aromatic heterocycles. The predicted octanol–water partition coefficient (Wildman–Crippen LogP) is 3.82. The van der Waals surface area contributed by atoms with E-state index in [-0.39, 0.29) is 4.57 Å². The predicted molar refractivity (Wildman–Crippen MR) is 98.1 cm³/mol. The maximum atomic E-state index is 13.0. The van der Waals surface area contributed by atoms with Crippen LogP contribution in [0.5, 0.6) is 0 Å². The summed E-state index contributed by atoms with van der Waals surface area (Å²) in [6.45, 7) is 2.14. The summed E-state index contributed by atoms with van der Waals surface area (Å²) in [5, 5.41) is 5.08. The standard InChI is InChI=1S/C19H17ClF3N3O/c20-13-2-3-16-14(9-13)15-10-24-7-5-17(15)25(16)8-6-12-1-4-18(27)26(11-12)19(21,22)23/h1-4,9,11,24H,5-8,10H2. The summed E-state index contributed by atoms with van der Waals surface area (Å²) in [6.07, 6.45) is -2.58. The van der Waals surface area contributed by atoms with Gasteiger partial charge in [0, 0.05) is 59.9 Å². The minimum Gasteiger partial charge on any atom is -0.344 e. The molecule has 3 heterocycles. The average Bonchev–Trinajstić information content (AvgIpc) is 2.93.